The van der Waals surface area contributed by atoms with E-state index in [2.05, 4.69) is 262 Å². The van der Waals surface area contributed by atoms with Gasteiger partial charge in [0.25, 0.3) is 0 Å². The molecule has 0 bridgehead atoms. The molecule has 396 valence electrons. The largest absolute Gasteiger partial charge is 0.333 e. The fourth-order valence-corrected chi connectivity index (χ4v) is 16.0. The minimum absolute atomic E-state index is 0.108. The Kier molecular flexibility index (Phi) is 12.3. The summed E-state index contributed by atoms with van der Waals surface area (Å²) in [5, 5.41) is 2.67. The maximum atomic E-state index is 5.57. The van der Waals surface area contributed by atoms with E-state index in [0.29, 0.717) is 0 Å². The minimum atomic E-state index is -0.108. The summed E-state index contributed by atoms with van der Waals surface area (Å²) in [6, 6.07) is 59.8. The first kappa shape index (κ1) is 49.7. The third kappa shape index (κ3) is 8.39. The van der Waals surface area contributed by atoms with Gasteiger partial charge in [-0.2, -0.15) is 0 Å². The van der Waals surface area contributed by atoms with Crippen LogP contribution in [0.15, 0.2) is 252 Å². The molecule has 6 aliphatic carbocycles. The second-order valence-electron chi connectivity index (χ2n) is 23.9. The molecular weight excluding hydrogens is 999 g/mol. The van der Waals surface area contributed by atoms with Gasteiger partial charge in [0, 0.05) is 71.4 Å². The molecule has 4 heteroatoms. The molecule has 15 rings (SSSR count). The van der Waals surface area contributed by atoms with Gasteiger partial charge < -0.3 is 9.80 Å². The van der Waals surface area contributed by atoms with Gasteiger partial charge in [0.1, 0.15) is 0 Å². The molecule has 0 spiro atoms. The summed E-state index contributed by atoms with van der Waals surface area (Å²) >= 11 is 1.99. The maximum Gasteiger partial charge on any atom is 0.0705 e. The van der Waals surface area contributed by atoms with Crippen LogP contribution in [-0.2, 0) is 5.41 Å². The van der Waals surface area contributed by atoms with Gasteiger partial charge in [-0.3, -0.25) is 4.99 Å². The van der Waals surface area contributed by atoms with Crippen molar-refractivity contribution in [2.45, 2.75) is 96.1 Å². The standard InChI is InChI=1S/C77H67N3S/c1-49(51-20-8-5-9-21-51)46-70(55-24-12-7-13-25-55)78-50(2)52-32-36-57(37-33-52)80-71-44-43-66-67-47-58(41-45-72(67)81-76(66)74(71)73-64-29-16-14-26-60(64)61-27-15-17-30-65(61)75(73)80)79(56-38-34-54(35-39-56)53-22-10-6-11-23-53)59-40-42-63-62-28-18-19-31-68(62)77(3,4)69(63)48-59/h5-12,14,16-24,26,28-32,34,36-38,40-48,50,52,73,75H,13,15,25,27,33,35,39H2,1-4H3/b49-46+,78-70+. The number of anilines is 3. The van der Waals surface area contributed by atoms with Crippen LogP contribution in [0.3, 0.4) is 0 Å². The molecule has 0 amide bonds. The van der Waals surface area contributed by atoms with Crippen LogP contribution < -0.4 is 9.80 Å². The quantitative estimate of drug-likeness (QED) is 0.127. The molecule has 4 unspecified atom stereocenters. The predicted molar refractivity (Wildman–Crippen MR) is 346 cm³/mol. The zero-order chi connectivity index (χ0) is 54.3. The van der Waals surface area contributed by atoms with E-state index in [1.165, 1.54) is 127 Å². The lowest BCUT2D eigenvalue weighted by molar-refractivity contribution is 0.536. The first-order valence-electron chi connectivity index (χ1n) is 29.6. The summed E-state index contributed by atoms with van der Waals surface area (Å²) in [5.74, 6) is 0.464. The fourth-order valence-electron chi connectivity index (χ4n) is 14.7. The molecule has 81 heavy (non-hydrogen) atoms. The second-order valence-corrected chi connectivity index (χ2v) is 24.9. The number of thiophene rings is 1. The first-order chi connectivity index (χ1) is 39.8. The summed E-state index contributed by atoms with van der Waals surface area (Å²) in [4.78, 5) is 10.9. The molecule has 2 heterocycles. The van der Waals surface area contributed by atoms with Crippen LogP contribution in [0.2, 0.25) is 0 Å². The third-order valence-corrected chi connectivity index (χ3v) is 20.1. The Morgan fingerprint density at radius 1 is 0.704 bits per heavy atom. The van der Waals surface area contributed by atoms with Crippen LogP contribution in [0, 0.1) is 5.92 Å². The number of aliphatic imine (C=N–C) groups is 1. The summed E-state index contributed by atoms with van der Waals surface area (Å²) in [7, 11) is 0. The van der Waals surface area contributed by atoms with Crippen molar-refractivity contribution >= 4 is 71.0 Å². The molecule has 0 radical (unpaired) electrons. The smallest absolute Gasteiger partial charge is 0.0705 e. The van der Waals surface area contributed by atoms with Gasteiger partial charge >= 0.3 is 0 Å². The zero-order valence-electron chi connectivity index (χ0n) is 46.9. The number of hydrogen-bond donors (Lipinski definition) is 0. The minimum Gasteiger partial charge on any atom is -0.333 e. The van der Waals surface area contributed by atoms with Crippen molar-refractivity contribution in [1.29, 1.82) is 0 Å². The lowest BCUT2D eigenvalue weighted by Gasteiger charge is -2.39. The highest BCUT2D eigenvalue weighted by atomic mass is 32.1. The van der Waals surface area contributed by atoms with Crippen molar-refractivity contribution in [3.8, 4) is 11.1 Å². The Bertz CT molecular complexity index is 4220. The van der Waals surface area contributed by atoms with Crippen LogP contribution >= 0.6 is 11.3 Å². The highest BCUT2D eigenvalue weighted by Crippen LogP contribution is 2.59. The van der Waals surface area contributed by atoms with Crippen molar-refractivity contribution in [3.05, 3.63) is 286 Å². The van der Waals surface area contributed by atoms with E-state index in [4.69, 9.17) is 4.99 Å². The SMILES string of the molecule is C/C(=C\C(=N/C(C)C1C=CC(N2c3ccc4c(sc5ccc(N(C6=CC=C(c7ccccc7)CC6)c6ccc7c(c6)C(C)(C)c6ccccc6-7)cc54)c3C3c4ccccc4C4=C(C=CCC4)C32)=CC1)C1=CC=CCC1)c1ccccc1. The van der Waals surface area contributed by atoms with Crippen LogP contribution in [0.25, 0.3) is 48.0 Å². The average Bonchev–Trinajstić information content (AvgIpc) is 2.45. The molecule has 0 saturated carbocycles. The maximum absolute atomic E-state index is 5.57. The van der Waals surface area contributed by atoms with E-state index in [9.17, 15) is 0 Å². The van der Waals surface area contributed by atoms with E-state index < -0.39 is 0 Å². The molecule has 0 N–H and O–H groups in total. The molecule has 1 aromatic heterocycles. The molecule has 1 aliphatic heterocycles. The van der Waals surface area contributed by atoms with Crippen molar-refractivity contribution in [3.63, 3.8) is 0 Å². The van der Waals surface area contributed by atoms with E-state index in [1.54, 1.807) is 0 Å². The topological polar surface area (TPSA) is 18.8 Å². The average molecular weight is 1070 g/mol. The predicted octanol–water partition coefficient (Wildman–Crippen LogP) is 20.4. The summed E-state index contributed by atoms with van der Waals surface area (Å²) in [6.07, 6.45) is 33.3. The number of allylic oxidation sites excluding steroid dienone is 14. The van der Waals surface area contributed by atoms with Crippen LogP contribution in [0.1, 0.15) is 118 Å². The van der Waals surface area contributed by atoms with E-state index in [1.807, 2.05) is 11.3 Å². The van der Waals surface area contributed by atoms with E-state index in [0.717, 1.165) is 50.7 Å². The Balaban J connectivity index is 0.835. The molecular formula is C77H67N3S. The molecule has 7 aliphatic rings. The van der Waals surface area contributed by atoms with Gasteiger partial charge in [0.05, 0.1) is 17.8 Å². The molecule has 3 nitrogen and oxygen atoms in total. The van der Waals surface area contributed by atoms with Crippen molar-refractivity contribution in [2.75, 3.05) is 9.80 Å². The fraction of sp³-hybridized carbons (Fsp3) is 0.208. The zero-order valence-corrected chi connectivity index (χ0v) is 47.7. The first-order valence-corrected chi connectivity index (χ1v) is 30.4. The second kappa shape index (κ2) is 20.0. The number of benzene rings is 7. The number of fused-ring (bicyclic) bond motifs is 14. The monoisotopic (exact) mass is 1070 g/mol. The van der Waals surface area contributed by atoms with Gasteiger partial charge in [0.15, 0.2) is 0 Å². The van der Waals surface area contributed by atoms with Gasteiger partial charge in [-0.15, -0.1) is 11.3 Å². The van der Waals surface area contributed by atoms with Gasteiger partial charge in [-0.1, -0.05) is 184 Å². The molecule has 8 aromatic rings. The molecule has 0 fully saturated rings. The Morgan fingerprint density at radius 2 is 1.47 bits per heavy atom. The van der Waals surface area contributed by atoms with Gasteiger partial charge in [-0.05, 0) is 186 Å². The summed E-state index contributed by atoms with van der Waals surface area (Å²) in [5.41, 5.74) is 26.7. The molecule has 7 aromatic carbocycles. The van der Waals surface area contributed by atoms with Gasteiger partial charge in [-0.25, -0.2) is 0 Å². The van der Waals surface area contributed by atoms with E-state index in [-0.39, 0.29) is 29.3 Å². The Hall–Kier alpha value is -8.31. The number of hydrogen-bond acceptors (Lipinski definition) is 4. The lowest BCUT2D eigenvalue weighted by Crippen LogP contribution is -2.38. The van der Waals surface area contributed by atoms with E-state index >= 15 is 0 Å². The van der Waals surface area contributed by atoms with Crippen LogP contribution in [0.5, 0.6) is 0 Å². The lowest BCUT2D eigenvalue weighted by atomic mass is 9.71. The van der Waals surface area contributed by atoms with Crippen molar-refractivity contribution in [2.24, 2.45) is 10.9 Å². The van der Waals surface area contributed by atoms with Crippen LogP contribution in [0.4, 0.5) is 17.1 Å². The highest BCUT2D eigenvalue weighted by molar-refractivity contribution is 7.26. The normalized spacial score (nSPS) is 20.9. The number of rotatable bonds is 10. The third-order valence-electron chi connectivity index (χ3n) is 18.9. The molecule has 0 saturated heterocycles. The summed E-state index contributed by atoms with van der Waals surface area (Å²) < 4.78 is 2.74. The highest BCUT2D eigenvalue weighted by Gasteiger charge is 2.48. The van der Waals surface area contributed by atoms with Crippen molar-refractivity contribution in [1.82, 2.24) is 0 Å². The molecule has 4 atom stereocenters. The van der Waals surface area contributed by atoms with Crippen molar-refractivity contribution < 1.29 is 0 Å². The Labute approximate surface area is 482 Å². The number of nitrogens with zero attached hydrogens (tertiary/aromatic N) is 3. The summed E-state index contributed by atoms with van der Waals surface area (Å²) in [6.45, 7) is 9.33. The van der Waals surface area contributed by atoms with Gasteiger partial charge in [0.2, 0.25) is 0 Å². The van der Waals surface area contributed by atoms with Crippen LogP contribution in [-0.4, -0.2) is 17.8 Å². The Morgan fingerprint density at radius 3 is 2.27 bits per heavy atom.